The van der Waals surface area contributed by atoms with Crippen LogP contribution < -0.4 is 24.4 Å². The number of nitrogens with zero attached hydrogens (tertiary/aromatic N) is 2. The van der Waals surface area contributed by atoms with Crippen LogP contribution in [0.3, 0.4) is 0 Å². The minimum absolute atomic E-state index is 0.237. The van der Waals surface area contributed by atoms with E-state index in [1.807, 2.05) is 53.9 Å². The predicted molar refractivity (Wildman–Crippen MR) is 149 cm³/mol. The van der Waals surface area contributed by atoms with Gasteiger partial charge in [0.1, 0.15) is 12.6 Å². The number of esters is 1. The first-order valence-electron chi connectivity index (χ1n) is 11.6. The first-order valence-corrected chi connectivity index (χ1v) is 13.7. The molecular weight excluding hydrogens is 544 g/mol. The van der Waals surface area contributed by atoms with Gasteiger partial charge in [-0.25, -0.2) is 9.79 Å². The summed E-state index contributed by atoms with van der Waals surface area (Å²) in [7, 11) is 2.89. The number of hydrogen-bond acceptors (Lipinski definition) is 8. The lowest BCUT2D eigenvalue weighted by Crippen LogP contribution is -2.39. The molecule has 0 bridgehead atoms. The number of methoxy groups -OCH3 is 2. The average molecular weight is 567 g/mol. The zero-order valence-corrected chi connectivity index (χ0v) is 23.2. The van der Waals surface area contributed by atoms with Gasteiger partial charge in [-0.3, -0.25) is 9.36 Å². The Hall–Kier alpha value is -3.66. The molecular formula is C28H23ClN2O5S2. The van der Waals surface area contributed by atoms with Gasteiger partial charge in [-0.05, 0) is 48.2 Å². The molecule has 1 aliphatic heterocycles. The molecule has 4 aromatic rings. The highest BCUT2D eigenvalue weighted by molar-refractivity contribution is 7.10. The second-order valence-corrected chi connectivity index (χ2v) is 10.8. The Morgan fingerprint density at radius 1 is 1.13 bits per heavy atom. The molecule has 3 heterocycles. The minimum Gasteiger partial charge on any atom is -0.493 e. The number of ether oxygens (including phenoxy) is 3. The van der Waals surface area contributed by atoms with Gasteiger partial charge < -0.3 is 14.2 Å². The van der Waals surface area contributed by atoms with Crippen molar-refractivity contribution in [1.29, 1.82) is 0 Å². The number of aromatic nitrogens is 1. The average Bonchev–Trinajstić information content (AvgIpc) is 3.56. The summed E-state index contributed by atoms with van der Waals surface area (Å²) in [5.74, 6) is 0.581. The summed E-state index contributed by atoms with van der Waals surface area (Å²) in [5, 5.41) is 2.54. The van der Waals surface area contributed by atoms with Gasteiger partial charge in [0.05, 0.1) is 30.0 Å². The van der Waals surface area contributed by atoms with Crippen molar-refractivity contribution in [3.63, 3.8) is 0 Å². The summed E-state index contributed by atoms with van der Waals surface area (Å²) in [5.41, 5.74) is 2.27. The molecule has 0 spiro atoms. The molecule has 0 amide bonds. The molecule has 1 atom stereocenters. The van der Waals surface area contributed by atoms with Crippen LogP contribution in [0, 0.1) is 0 Å². The van der Waals surface area contributed by atoms with Gasteiger partial charge in [0, 0.05) is 15.5 Å². The van der Waals surface area contributed by atoms with Gasteiger partial charge in [-0.1, -0.05) is 53.3 Å². The first kappa shape index (κ1) is 26.0. The molecule has 7 nitrogen and oxygen atoms in total. The molecule has 0 radical (unpaired) electrons. The van der Waals surface area contributed by atoms with E-state index in [-0.39, 0.29) is 5.56 Å². The number of benzene rings is 2. The van der Waals surface area contributed by atoms with Crippen LogP contribution in [0.2, 0.25) is 5.02 Å². The van der Waals surface area contributed by atoms with E-state index >= 15 is 0 Å². The minimum atomic E-state index is -0.601. The van der Waals surface area contributed by atoms with Crippen LogP contribution in [-0.2, 0) is 16.1 Å². The van der Waals surface area contributed by atoms with Crippen molar-refractivity contribution in [3.05, 3.63) is 112 Å². The maximum Gasteiger partial charge on any atom is 0.338 e. The van der Waals surface area contributed by atoms with Crippen molar-refractivity contribution in [1.82, 2.24) is 4.57 Å². The number of thiazole rings is 1. The van der Waals surface area contributed by atoms with Crippen LogP contribution in [0.5, 0.6) is 11.5 Å². The lowest BCUT2D eigenvalue weighted by atomic mass is 10.0. The highest BCUT2D eigenvalue weighted by Gasteiger charge is 2.33. The zero-order chi connectivity index (χ0) is 26.8. The molecule has 194 valence electrons. The fraction of sp³-hybridized carbons (Fsp3) is 0.179. The Bertz CT molecular complexity index is 1720. The molecule has 1 aliphatic rings. The molecule has 1 unspecified atom stereocenters. The smallest absolute Gasteiger partial charge is 0.338 e. The van der Waals surface area contributed by atoms with Gasteiger partial charge in [0.15, 0.2) is 16.3 Å². The number of fused-ring (bicyclic) bond motifs is 1. The van der Waals surface area contributed by atoms with Crippen molar-refractivity contribution in [2.75, 3.05) is 14.2 Å². The number of halogens is 1. The number of hydrogen-bond donors (Lipinski definition) is 0. The number of thiophene rings is 1. The zero-order valence-electron chi connectivity index (χ0n) is 20.8. The third-order valence-corrected chi connectivity index (χ3v) is 8.34. The van der Waals surface area contributed by atoms with E-state index < -0.39 is 12.0 Å². The normalized spacial score (nSPS) is 15.2. The van der Waals surface area contributed by atoms with Gasteiger partial charge in [-0.2, -0.15) is 0 Å². The monoisotopic (exact) mass is 566 g/mol. The highest BCUT2D eigenvalue weighted by atomic mass is 35.5. The van der Waals surface area contributed by atoms with Crippen molar-refractivity contribution in [2.45, 2.75) is 19.6 Å². The van der Waals surface area contributed by atoms with E-state index in [1.54, 1.807) is 30.7 Å². The van der Waals surface area contributed by atoms with Crippen molar-refractivity contribution in [2.24, 2.45) is 4.99 Å². The summed E-state index contributed by atoms with van der Waals surface area (Å²) in [6, 6.07) is 16.1. The SMILES string of the molecule is COC(=O)C1=C(C)N=c2sc(=Cc3ccc(OCc4ccccc4Cl)c(OC)c3)c(=O)n2C1c1cccs1. The Morgan fingerprint density at radius 2 is 1.95 bits per heavy atom. The summed E-state index contributed by atoms with van der Waals surface area (Å²) < 4.78 is 18.6. The summed E-state index contributed by atoms with van der Waals surface area (Å²) in [6.07, 6.45) is 1.78. The van der Waals surface area contributed by atoms with Gasteiger partial charge in [0.2, 0.25) is 0 Å². The van der Waals surface area contributed by atoms with E-state index in [4.69, 9.17) is 25.8 Å². The Balaban J connectivity index is 1.53. The number of rotatable bonds is 7. The lowest BCUT2D eigenvalue weighted by Gasteiger charge is -2.22. The van der Waals surface area contributed by atoms with Crippen LogP contribution in [0.1, 0.15) is 29.0 Å². The fourth-order valence-electron chi connectivity index (χ4n) is 4.22. The lowest BCUT2D eigenvalue weighted by molar-refractivity contribution is -0.136. The fourth-order valence-corrected chi connectivity index (χ4v) is 6.28. The number of carbonyl (C=O) groups is 1. The summed E-state index contributed by atoms with van der Waals surface area (Å²) in [6.45, 7) is 2.05. The third kappa shape index (κ3) is 4.92. The van der Waals surface area contributed by atoms with Crippen LogP contribution in [0.15, 0.2) is 81.0 Å². The van der Waals surface area contributed by atoms with Crippen molar-refractivity contribution >= 4 is 46.3 Å². The first-order chi connectivity index (χ1) is 18.4. The maximum absolute atomic E-state index is 13.6. The second kappa shape index (κ2) is 11.0. The Labute approximate surface area is 231 Å². The molecule has 10 heteroatoms. The maximum atomic E-state index is 13.6. The van der Waals surface area contributed by atoms with Crippen molar-refractivity contribution < 1.29 is 19.0 Å². The summed E-state index contributed by atoms with van der Waals surface area (Å²) in [4.78, 5) is 32.3. The van der Waals surface area contributed by atoms with E-state index in [0.717, 1.165) is 16.0 Å². The third-order valence-electron chi connectivity index (χ3n) is 6.07. The van der Waals surface area contributed by atoms with E-state index in [0.29, 0.717) is 43.7 Å². The summed E-state index contributed by atoms with van der Waals surface area (Å²) >= 11 is 8.98. The molecule has 0 N–H and O–H groups in total. The largest absolute Gasteiger partial charge is 0.493 e. The number of carbonyl (C=O) groups excluding carboxylic acids is 1. The van der Waals surface area contributed by atoms with Crippen LogP contribution in [-0.4, -0.2) is 24.8 Å². The predicted octanol–water partition coefficient (Wildman–Crippen LogP) is 4.71. The second-order valence-electron chi connectivity index (χ2n) is 8.38. The topological polar surface area (TPSA) is 79.1 Å². The van der Waals surface area contributed by atoms with E-state index in [2.05, 4.69) is 4.99 Å². The Kier molecular flexibility index (Phi) is 7.51. The van der Waals surface area contributed by atoms with E-state index in [1.165, 1.54) is 29.8 Å². The van der Waals surface area contributed by atoms with Crippen molar-refractivity contribution in [3.8, 4) is 11.5 Å². The van der Waals surface area contributed by atoms with Gasteiger partial charge in [0.25, 0.3) is 5.56 Å². The van der Waals surface area contributed by atoms with Gasteiger partial charge in [-0.15, -0.1) is 11.3 Å². The van der Waals surface area contributed by atoms with E-state index in [9.17, 15) is 9.59 Å². The molecule has 0 fully saturated rings. The molecule has 0 saturated carbocycles. The molecule has 5 rings (SSSR count). The Morgan fingerprint density at radius 3 is 2.66 bits per heavy atom. The standard InChI is InChI=1S/C28H23ClN2O5S2/c1-16-24(27(33)35-3)25(22-9-6-12-37-22)31-26(32)23(38-28(31)30-16)14-17-10-11-20(21(13-17)34-2)36-15-18-7-4-5-8-19(18)29/h4-14,25H,15H2,1-3H3. The molecule has 38 heavy (non-hydrogen) atoms. The van der Waals surface area contributed by atoms with Crippen LogP contribution in [0.25, 0.3) is 6.08 Å². The number of allylic oxidation sites excluding steroid dienone is 1. The quantitative estimate of drug-likeness (QED) is 0.303. The highest BCUT2D eigenvalue weighted by Crippen LogP contribution is 2.33. The van der Waals surface area contributed by atoms with Gasteiger partial charge >= 0.3 is 5.97 Å². The van der Waals surface area contributed by atoms with Crippen LogP contribution >= 0.6 is 34.3 Å². The molecule has 0 aliphatic carbocycles. The molecule has 0 saturated heterocycles. The molecule has 2 aromatic carbocycles. The van der Waals surface area contributed by atoms with Crippen LogP contribution in [0.4, 0.5) is 0 Å². The molecule has 2 aromatic heterocycles.